The Bertz CT molecular complexity index is 966. The Morgan fingerprint density at radius 2 is 2.11 bits per heavy atom. The summed E-state index contributed by atoms with van der Waals surface area (Å²) in [5.74, 6) is 2.59. The first-order valence-corrected chi connectivity index (χ1v) is 9.44. The molecule has 1 aliphatic rings. The number of rotatable bonds is 6. The highest BCUT2D eigenvalue weighted by Gasteiger charge is 2.16. The molecule has 0 spiro atoms. The molecule has 1 N–H and O–H groups in total. The van der Waals surface area contributed by atoms with Crippen molar-refractivity contribution in [2.24, 2.45) is 0 Å². The van der Waals surface area contributed by atoms with Crippen LogP contribution in [0.1, 0.15) is 37.9 Å². The van der Waals surface area contributed by atoms with Gasteiger partial charge in [0.15, 0.2) is 22.5 Å². The van der Waals surface area contributed by atoms with Crippen LogP contribution in [0, 0.1) is 0 Å². The van der Waals surface area contributed by atoms with Crippen LogP contribution in [-0.4, -0.2) is 27.8 Å². The SMILES string of the molecule is CC(C)c1noc(CCC(=O)Nc2nc(-c3ccc4c(c3)OCO4)cs2)n1. The number of aryl methyl sites for hydroxylation is 1. The van der Waals surface area contributed by atoms with E-state index < -0.39 is 0 Å². The second-order valence-corrected chi connectivity index (χ2v) is 7.21. The maximum atomic E-state index is 12.2. The molecule has 0 unspecified atom stereocenters. The van der Waals surface area contributed by atoms with E-state index in [4.69, 9.17) is 14.0 Å². The maximum Gasteiger partial charge on any atom is 0.231 e. The number of amides is 1. The summed E-state index contributed by atoms with van der Waals surface area (Å²) in [4.78, 5) is 20.9. The number of carbonyl (C=O) groups excluding carboxylic acids is 1. The first-order chi connectivity index (χ1) is 13.1. The summed E-state index contributed by atoms with van der Waals surface area (Å²) in [5, 5.41) is 9.13. The lowest BCUT2D eigenvalue weighted by Gasteiger charge is -2.01. The Balaban J connectivity index is 1.35. The highest BCUT2D eigenvalue weighted by Crippen LogP contribution is 2.36. The Morgan fingerprint density at radius 3 is 2.93 bits per heavy atom. The van der Waals surface area contributed by atoms with Crippen LogP contribution in [0.15, 0.2) is 28.1 Å². The van der Waals surface area contributed by atoms with Gasteiger partial charge in [0.1, 0.15) is 0 Å². The van der Waals surface area contributed by atoms with Gasteiger partial charge in [0.25, 0.3) is 0 Å². The Kier molecular flexibility index (Phi) is 4.76. The molecule has 1 aromatic carbocycles. The molecular formula is C18H18N4O4S. The van der Waals surface area contributed by atoms with Crippen LogP contribution in [0.3, 0.4) is 0 Å². The lowest BCUT2D eigenvalue weighted by atomic mass is 10.1. The van der Waals surface area contributed by atoms with Gasteiger partial charge in [-0.1, -0.05) is 19.0 Å². The molecule has 1 amide bonds. The minimum absolute atomic E-state index is 0.147. The van der Waals surface area contributed by atoms with Crippen molar-refractivity contribution in [3.8, 4) is 22.8 Å². The number of hydrogen-bond donors (Lipinski definition) is 1. The molecule has 2 aromatic heterocycles. The van der Waals surface area contributed by atoms with E-state index in [0.717, 1.165) is 17.0 Å². The standard InChI is InChI=1S/C18H18N4O4S/c1-10(2)17-21-16(26-22-17)6-5-15(23)20-18-19-12(8-27-18)11-3-4-13-14(7-11)25-9-24-13/h3-4,7-8,10H,5-6,9H2,1-2H3,(H,19,20,23). The maximum absolute atomic E-state index is 12.2. The molecule has 0 atom stereocenters. The van der Waals surface area contributed by atoms with Gasteiger partial charge < -0.3 is 19.3 Å². The molecule has 0 aliphatic carbocycles. The van der Waals surface area contributed by atoms with Crippen LogP contribution in [0.25, 0.3) is 11.3 Å². The van der Waals surface area contributed by atoms with Gasteiger partial charge in [0.05, 0.1) is 5.69 Å². The van der Waals surface area contributed by atoms with Gasteiger partial charge in [-0.05, 0) is 18.2 Å². The third kappa shape index (κ3) is 3.92. The van der Waals surface area contributed by atoms with Gasteiger partial charge in [0.2, 0.25) is 18.6 Å². The minimum atomic E-state index is -0.147. The predicted octanol–water partition coefficient (Wildman–Crippen LogP) is 3.62. The normalized spacial score (nSPS) is 12.6. The third-order valence-corrected chi connectivity index (χ3v) is 4.74. The van der Waals surface area contributed by atoms with Crippen LogP contribution in [0.4, 0.5) is 5.13 Å². The number of hydrogen-bond acceptors (Lipinski definition) is 8. The fourth-order valence-electron chi connectivity index (χ4n) is 2.53. The van der Waals surface area contributed by atoms with E-state index in [-0.39, 0.29) is 25.0 Å². The molecule has 8 nitrogen and oxygen atoms in total. The van der Waals surface area contributed by atoms with E-state index in [1.165, 1.54) is 11.3 Å². The van der Waals surface area contributed by atoms with Crippen LogP contribution in [0.2, 0.25) is 0 Å². The van der Waals surface area contributed by atoms with Crippen LogP contribution >= 0.6 is 11.3 Å². The molecule has 4 rings (SSSR count). The predicted molar refractivity (Wildman–Crippen MR) is 99.0 cm³/mol. The Hall–Kier alpha value is -2.94. The van der Waals surface area contributed by atoms with Gasteiger partial charge in [-0.3, -0.25) is 4.79 Å². The number of nitrogens with one attached hydrogen (secondary N) is 1. The molecule has 0 radical (unpaired) electrons. The zero-order valence-electron chi connectivity index (χ0n) is 14.9. The summed E-state index contributed by atoms with van der Waals surface area (Å²) in [6.45, 7) is 4.21. The van der Waals surface area contributed by atoms with Crippen LogP contribution in [-0.2, 0) is 11.2 Å². The fourth-order valence-corrected chi connectivity index (χ4v) is 3.26. The number of carbonyl (C=O) groups is 1. The third-order valence-electron chi connectivity index (χ3n) is 3.98. The van der Waals surface area contributed by atoms with E-state index in [2.05, 4.69) is 20.4 Å². The number of fused-ring (bicyclic) bond motifs is 1. The number of benzene rings is 1. The average Bonchev–Trinajstić information content (AvgIpc) is 3.39. The molecule has 140 valence electrons. The van der Waals surface area contributed by atoms with Crippen molar-refractivity contribution in [1.29, 1.82) is 0 Å². The van der Waals surface area contributed by atoms with Crippen molar-refractivity contribution >= 4 is 22.4 Å². The topological polar surface area (TPSA) is 99.4 Å². The zero-order valence-corrected chi connectivity index (χ0v) is 15.7. The highest BCUT2D eigenvalue weighted by molar-refractivity contribution is 7.14. The summed E-state index contributed by atoms with van der Waals surface area (Å²) in [6.07, 6.45) is 0.643. The summed E-state index contributed by atoms with van der Waals surface area (Å²) in [5.41, 5.74) is 1.68. The molecule has 1 aliphatic heterocycles. The highest BCUT2D eigenvalue weighted by atomic mass is 32.1. The zero-order chi connectivity index (χ0) is 18.8. The lowest BCUT2D eigenvalue weighted by molar-refractivity contribution is -0.116. The molecule has 3 aromatic rings. The Morgan fingerprint density at radius 1 is 1.26 bits per heavy atom. The molecule has 0 saturated carbocycles. The van der Waals surface area contributed by atoms with E-state index in [9.17, 15) is 4.79 Å². The van der Waals surface area contributed by atoms with Crippen molar-refractivity contribution < 1.29 is 18.8 Å². The molecule has 27 heavy (non-hydrogen) atoms. The van der Waals surface area contributed by atoms with Crippen molar-refractivity contribution in [3.63, 3.8) is 0 Å². The molecule has 9 heteroatoms. The molecule has 0 bridgehead atoms. The first kappa shape index (κ1) is 17.5. The van der Waals surface area contributed by atoms with Gasteiger partial charge in [0, 0.05) is 29.7 Å². The van der Waals surface area contributed by atoms with Crippen molar-refractivity contribution in [1.82, 2.24) is 15.1 Å². The summed E-state index contributed by atoms with van der Waals surface area (Å²) >= 11 is 1.37. The van der Waals surface area contributed by atoms with Gasteiger partial charge in [-0.15, -0.1) is 11.3 Å². The van der Waals surface area contributed by atoms with Crippen LogP contribution < -0.4 is 14.8 Å². The second-order valence-electron chi connectivity index (χ2n) is 6.36. The second kappa shape index (κ2) is 7.36. The molecule has 3 heterocycles. The van der Waals surface area contributed by atoms with E-state index in [0.29, 0.717) is 29.0 Å². The summed E-state index contributed by atoms with van der Waals surface area (Å²) in [6, 6.07) is 5.64. The average molecular weight is 386 g/mol. The van der Waals surface area contributed by atoms with Gasteiger partial charge in [-0.2, -0.15) is 4.98 Å². The molecular weight excluding hydrogens is 368 g/mol. The smallest absolute Gasteiger partial charge is 0.231 e. The lowest BCUT2D eigenvalue weighted by Crippen LogP contribution is -2.12. The minimum Gasteiger partial charge on any atom is -0.454 e. The summed E-state index contributed by atoms with van der Waals surface area (Å²) < 4.78 is 15.8. The van der Waals surface area contributed by atoms with Gasteiger partial charge >= 0.3 is 0 Å². The van der Waals surface area contributed by atoms with E-state index >= 15 is 0 Å². The monoisotopic (exact) mass is 386 g/mol. The van der Waals surface area contributed by atoms with Crippen LogP contribution in [0.5, 0.6) is 11.5 Å². The van der Waals surface area contributed by atoms with Crippen molar-refractivity contribution in [2.45, 2.75) is 32.6 Å². The number of thiazole rings is 1. The largest absolute Gasteiger partial charge is 0.454 e. The Labute approximate surface area is 159 Å². The van der Waals surface area contributed by atoms with E-state index in [1.807, 2.05) is 37.4 Å². The quantitative estimate of drug-likeness (QED) is 0.691. The number of aromatic nitrogens is 3. The van der Waals surface area contributed by atoms with E-state index in [1.54, 1.807) is 0 Å². The summed E-state index contributed by atoms with van der Waals surface area (Å²) in [7, 11) is 0. The fraction of sp³-hybridized carbons (Fsp3) is 0.333. The van der Waals surface area contributed by atoms with Gasteiger partial charge in [-0.25, -0.2) is 4.98 Å². The first-order valence-electron chi connectivity index (χ1n) is 8.56. The number of nitrogens with zero attached hydrogens (tertiary/aromatic N) is 3. The molecule has 0 saturated heterocycles. The number of anilines is 1. The number of ether oxygens (including phenoxy) is 2. The van der Waals surface area contributed by atoms with Crippen molar-refractivity contribution in [3.05, 3.63) is 35.3 Å². The van der Waals surface area contributed by atoms with Crippen molar-refractivity contribution in [2.75, 3.05) is 12.1 Å². The molecule has 0 fully saturated rings.